The smallest absolute Gasteiger partial charge is 0.326 e. The maximum atomic E-state index is 11.9. The summed E-state index contributed by atoms with van der Waals surface area (Å²) in [5.41, 5.74) is 1.27. The minimum absolute atomic E-state index is 0.111. The first-order valence-electron chi connectivity index (χ1n) is 7.06. The molecule has 1 amide bonds. The number of carboxylic acids is 1. The molecule has 1 aromatic carbocycles. The van der Waals surface area contributed by atoms with Crippen molar-refractivity contribution in [1.82, 2.24) is 5.32 Å². The van der Waals surface area contributed by atoms with Gasteiger partial charge in [-0.1, -0.05) is 44.2 Å². The van der Waals surface area contributed by atoms with Crippen molar-refractivity contribution >= 4 is 11.9 Å². The average Bonchev–Trinajstić information content (AvgIpc) is 3.15. The second-order valence-corrected chi connectivity index (χ2v) is 5.84. The maximum absolute atomic E-state index is 11.9. The molecule has 1 saturated carbocycles. The quantitative estimate of drug-likeness (QED) is 0.837. The van der Waals surface area contributed by atoms with Crippen molar-refractivity contribution in [3.63, 3.8) is 0 Å². The number of carbonyl (C=O) groups excluding carboxylic acids is 1. The fraction of sp³-hybridized carbons (Fsp3) is 0.500. The predicted molar refractivity (Wildman–Crippen MR) is 76.3 cm³/mol. The van der Waals surface area contributed by atoms with Crippen LogP contribution in [0.4, 0.5) is 0 Å². The van der Waals surface area contributed by atoms with Crippen molar-refractivity contribution in [3.8, 4) is 0 Å². The molecule has 0 heterocycles. The van der Waals surface area contributed by atoms with Gasteiger partial charge in [-0.2, -0.15) is 0 Å². The summed E-state index contributed by atoms with van der Waals surface area (Å²) < 4.78 is 0. The Balaban J connectivity index is 1.83. The van der Waals surface area contributed by atoms with Gasteiger partial charge in [0.15, 0.2) is 0 Å². The van der Waals surface area contributed by atoms with Crippen molar-refractivity contribution in [2.45, 2.75) is 38.6 Å². The van der Waals surface area contributed by atoms with Gasteiger partial charge in [-0.05, 0) is 29.7 Å². The van der Waals surface area contributed by atoms with Crippen molar-refractivity contribution < 1.29 is 14.7 Å². The maximum Gasteiger partial charge on any atom is 0.326 e. The predicted octanol–water partition coefficient (Wildman–Crippen LogP) is 2.41. The summed E-state index contributed by atoms with van der Waals surface area (Å²) in [6.45, 7) is 3.59. The molecular weight excluding hydrogens is 254 g/mol. The van der Waals surface area contributed by atoms with E-state index in [1.54, 1.807) is 13.8 Å². The molecule has 2 rings (SSSR count). The van der Waals surface area contributed by atoms with E-state index in [9.17, 15) is 9.59 Å². The lowest BCUT2D eigenvalue weighted by Crippen LogP contribution is -2.44. The fourth-order valence-corrected chi connectivity index (χ4v) is 2.57. The van der Waals surface area contributed by atoms with Crippen LogP contribution in [0, 0.1) is 11.8 Å². The van der Waals surface area contributed by atoms with Crippen LogP contribution in [0.1, 0.15) is 38.2 Å². The van der Waals surface area contributed by atoms with E-state index in [1.165, 1.54) is 5.56 Å². The van der Waals surface area contributed by atoms with Crippen LogP contribution in [-0.4, -0.2) is 23.0 Å². The van der Waals surface area contributed by atoms with E-state index < -0.39 is 12.0 Å². The van der Waals surface area contributed by atoms with E-state index in [-0.39, 0.29) is 11.8 Å². The zero-order valence-electron chi connectivity index (χ0n) is 11.9. The molecule has 4 heteroatoms. The molecule has 2 N–H and O–H groups in total. The van der Waals surface area contributed by atoms with Gasteiger partial charge in [0, 0.05) is 6.42 Å². The number of hydrogen-bond acceptors (Lipinski definition) is 2. The summed E-state index contributed by atoms with van der Waals surface area (Å²) in [5.74, 6) is -0.442. The number of nitrogens with one attached hydrogen (secondary N) is 1. The number of amides is 1. The van der Waals surface area contributed by atoms with Crippen molar-refractivity contribution in [2.24, 2.45) is 11.8 Å². The standard InChI is InChI=1S/C16H21NO3/c1-10(2)15(16(19)20)17-14(18)9-12-8-13(12)11-6-4-3-5-7-11/h3-7,10,12-13,15H,8-9H2,1-2H3,(H,17,18)(H,19,20)/t12-,13-,15?/m0/s1. The highest BCUT2D eigenvalue weighted by Gasteiger charge is 2.39. The van der Waals surface area contributed by atoms with E-state index in [2.05, 4.69) is 17.4 Å². The number of carbonyl (C=O) groups is 2. The molecule has 0 bridgehead atoms. The molecule has 1 aromatic rings. The average molecular weight is 275 g/mol. The molecule has 20 heavy (non-hydrogen) atoms. The van der Waals surface area contributed by atoms with Crippen LogP contribution in [0.25, 0.3) is 0 Å². The summed E-state index contributed by atoms with van der Waals surface area (Å²) in [7, 11) is 0. The third-order valence-electron chi connectivity index (χ3n) is 3.85. The molecule has 0 spiro atoms. The number of aliphatic carboxylic acids is 1. The first kappa shape index (κ1) is 14.6. The molecule has 4 nitrogen and oxygen atoms in total. The molecule has 0 saturated heterocycles. The van der Waals surface area contributed by atoms with Gasteiger partial charge >= 0.3 is 5.97 Å². The Labute approximate surface area is 119 Å². The Bertz CT molecular complexity index is 484. The van der Waals surface area contributed by atoms with Crippen molar-refractivity contribution in [1.29, 1.82) is 0 Å². The Morgan fingerprint density at radius 2 is 1.95 bits per heavy atom. The second-order valence-electron chi connectivity index (χ2n) is 5.84. The minimum atomic E-state index is -0.969. The second kappa shape index (κ2) is 6.07. The zero-order valence-corrected chi connectivity index (χ0v) is 11.9. The highest BCUT2D eigenvalue weighted by Crippen LogP contribution is 2.49. The Morgan fingerprint density at radius 3 is 2.50 bits per heavy atom. The normalized spacial score (nSPS) is 22.4. The monoisotopic (exact) mass is 275 g/mol. The summed E-state index contributed by atoms with van der Waals surface area (Å²) in [5, 5.41) is 11.7. The molecule has 108 valence electrons. The van der Waals surface area contributed by atoms with Crippen molar-refractivity contribution in [2.75, 3.05) is 0 Å². The third kappa shape index (κ3) is 3.59. The van der Waals surface area contributed by atoms with Crippen LogP contribution in [0.2, 0.25) is 0 Å². The van der Waals surface area contributed by atoms with E-state index in [0.29, 0.717) is 18.3 Å². The lowest BCUT2D eigenvalue weighted by atomic mass is 10.0. The van der Waals surface area contributed by atoms with Crippen LogP contribution in [0.3, 0.4) is 0 Å². The first-order chi connectivity index (χ1) is 9.49. The van der Waals surface area contributed by atoms with Crippen LogP contribution < -0.4 is 5.32 Å². The van der Waals surface area contributed by atoms with E-state index in [1.807, 2.05) is 18.2 Å². The van der Waals surface area contributed by atoms with Gasteiger partial charge in [0.25, 0.3) is 0 Å². The molecule has 1 aliphatic rings. The molecule has 1 unspecified atom stereocenters. The Morgan fingerprint density at radius 1 is 1.30 bits per heavy atom. The highest BCUT2D eigenvalue weighted by atomic mass is 16.4. The molecule has 1 aliphatic carbocycles. The third-order valence-corrected chi connectivity index (χ3v) is 3.85. The molecular formula is C16H21NO3. The number of carboxylic acid groups (broad SMARTS) is 1. The summed E-state index contributed by atoms with van der Waals surface area (Å²) in [6.07, 6.45) is 1.42. The van der Waals surface area contributed by atoms with Crippen LogP contribution in [0.15, 0.2) is 30.3 Å². The minimum Gasteiger partial charge on any atom is -0.480 e. The molecule has 0 aliphatic heterocycles. The van der Waals surface area contributed by atoms with Gasteiger partial charge in [0.05, 0.1) is 0 Å². The summed E-state index contributed by atoms with van der Waals surface area (Å²) in [4.78, 5) is 23.0. The Kier molecular flexibility index (Phi) is 4.42. The number of benzene rings is 1. The van der Waals surface area contributed by atoms with E-state index in [4.69, 9.17) is 5.11 Å². The summed E-state index contributed by atoms with van der Waals surface area (Å²) in [6, 6.07) is 9.35. The topological polar surface area (TPSA) is 66.4 Å². The number of hydrogen-bond donors (Lipinski definition) is 2. The molecule has 3 atom stereocenters. The molecule has 0 radical (unpaired) electrons. The van der Waals surface area contributed by atoms with Crippen LogP contribution in [0.5, 0.6) is 0 Å². The van der Waals surface area contributed by atoms with Gasteiger partial charge in [-0.25, -0.2) is 4.79 Å². The SMILES string of the molecule is CC(C)C(NC(=O)C[C@@H]1C[C@H]1c1ccccc1)C(=O)O. The summed E-state index contributed by atoms with van der Waals surface area (Å²) >= 11 is 0. The largest absolute Gasteiger partial charge is 0.480 e. The van der Waals surface area contributed by atoms with Crippen LogP contribution in [-0.2, 0) is 9.59 Å². The van der Waals surface area contributed by atoms with Crippen molar-refractivity contribution in [3.05, 3.63) is 35.9 Å². The Hall–Kier alpha value is -1.84. The first-order valence-corrected chi connectivity index (χ1v) is 7.06. The molecule has 0 aromatic heterocycles. The lowest BCUT2D eigenvalue weighted by molar-refractivity contribution is -0.143. The van der Waals surface area contributed by atoms with Gasteiger partial charge in [0.2, 0.25) is 5.91 Å². The van der Waals surface area contributed by atoms with E-state index in [0.717, 1.165) is 6.42 Å². The zero-order chi connectivity index (χ0) is 14.7. The van der Waals surface area contributed by atoms with Gasteiger partial charge in [-0.15, -0.1) is 0 Å². The van der Waals surface area contributed by atoms with Crippen LogP contribution >= 0.6 is 0 Å². The van der Waals surface area contributed by atoms with E-state index >= 15 is 0 Å². The fourth-order valence-electron chi connectivity index (χ4n) is 2.57. The van der Waals surface area contributed by atoms with Gasteiger partial charge in [-0.3, -0.25) is 4.79 Å². The number of rotatable bonds is 6. The highest BCUT2D eigenvalue weighted by molar-refractivity contribution is 5.84. The van der Waals surface area contributed by atoms with Gasteiger partial charge in [0.1, 0.15) is 6.04 Å². The van der Waals surface area contributed by atoms with Gasteiger partial charge < -0.3 is 10.4 Å². The lowest BCUT2D eigenvalue weighted by Gasteiger charge is -2.17. The molecule has 1 fully saturated rings.